The first-order valence-corrected chi connectivity index (χ1v) is 5.64. The number of hydrazine groups is 1. The maximum Gasteiger partial charge on any atom is 0.145 e. The predicted octanol–water partition coefficient (Wildman–Crippen LogP) is 0.532. The number of aromatic nitrogens is 2. The summed E-state index contributed by atoms with van der Waals surface area (Å²) in [5.41, 5.74) is 1.74. The number of nitrogen functional groups attached to an aromatic ring is 1. The number of hydrogen-bond donors (Lipinski definition) is 3. The molecule has 6 heteroatoms. The lowest BCUT2D eigenvalue weighted by Crippen LogP contribution is -2.36. The van der Waals surface area contributed by atoms with Crippen LogP contribution >= 0.6 is 0 Å². The molecule has 4 N–H and O–H groups in total. The Bertz CT molecular complexity index is 352. The summed E-state index contributed by atoms with van der Waals surface area (Å²) in [4.78, 5) is 10.5. The zero-order chi connectivity index (χ0) is 13.1. The number of hydrogen-bond acceptors (Lipinski definition) is 6. The highest BCUT2D eigenvalue weighted by Crippen LogP contribution is 2.16. The molecular formula is C11H21N5O. The van der Waals surface area contributed by atoms with E-state index < -0.39 is 5.60 Å². The fourth-order valence-corrected chi connectivity index (χ4v) is 1.57. The lowest BCUT2D eigenvalue weighted by molar-refractivity contribution is 0.0884. The van der Waals surface area contributed by atoms with Crippen molar-refractivity contribution in [1.82, 2.24) is 9.97 Å². The fraction of sp³-hybridized carbons (Fsp3) is 0.636. The maximum absolute atomic E-state index is 9.78. The highest BCUT2D eigenvalue weighted by atomic mass is 16.3. The van der Waals surface area contributed by atoms with Crippen LogP contribution in [0, 0.1) is 0 Å². The van der Waals surface area contributed by atoms with Crippen LogP contribution in [-0.2, 0) is 6.42 Å². The highest BCUT2D eigenvalue weighted by Gasteiger charge is 2.17. The maximum atomic E-state index is 9.78. The van der Waals surface area contributed by atoms with Crippen LogP contribution in [-0.4, -0.2) is 34.3 Å². The van der Waals surface area contributed by atoms with E-state index in [9.17, 15) is 5.11 Å². The normalized spacial score (nSPS) is 11.4. The van der Waals surface area contributed by atoms with E-state index in [1.54, 1.807) is 19.9 Å². The largest absolute Gasteiger partial charge is 0.389 e. The second-order valence-electron chi connectivity index (χ2n) is 4.69. The van der Waals surface area contributed by atoms with Gasteiger partial charge in [-0.1, -0.05) is 6.92 Å². The molecule has 0 aliphatic rings. The quantitative estimate of drug-likeness (QED) is 0.513. The molecule has 1 heterocycles. The first-order chi connectivity index (χ1) is 7.85. The van der Waals surface area contributed by atoms with Crippen molar-refractivity contribution >= 4 is 11.6 Å². The van der Waals surface area contributed by atoms with Gasteiger partial charge in [-0.3, -0.25) is 0 Å². The number of aryl methyl sites for hydroxylation is 1. The molecule has 0 fully saturated rings. The van der Waals surface area contributed by atoms with Crippen LogP contribution in [0.2, 0.25) is 0 Å². The molecule has 0 saturated carbocycles. The van der Waals surface area contributed by atoms with E-state index in [1.165, 1.54) is 0 Å². The van der Waals surface area contributed by atoms with Gasteiger partial charge in [0.05, 0.1) is 5.60 Å². The summed E-state index contributed by atoms with van der Waals surface area (Å²) in [6, 6.07) is 1.75. The van der Waals surface area contributed by atoms with Gasteiger partial charge >= 0.3 is 0 Å². The molecule has 0 unspecified atom stereocenters. The zero-order valence-electron chi connectivity index (χ0n) is 10.9. The Morgan fingerprint density at radius 3 is 2.59 bits per heavy atom. The zero-order valence-corrected chi connectivity index (χ0v) is 10.9. The standard InChI is InChI=1S/C11H21N5O/c1-5-8-13-9(15-12)6-10(14-8)16(4)7-11(2,3)17/h6,17H,5,7,12H2,1-4H3,(H,13,14,15). The van der Waals surface area contributed by atoms with Gasteiger partial charge < -0.3 is 15.4 Å². The van der Waals surface area contributed by atoms with Crippen molar-refractivity contribution in [3.05, 3.63) is 11.9 Å². The summed E-state index contributed by atoms with van der Waals surface area (Å²) >= 11 is 0. The molecule has 0 radical (unpaired) electrons. The summed E-state index contributed by atoms with van der Waals surface area (Å²) in [7, 11) is 1.88. The van der Waals surface area contributed by atoms with Crippen LogP contribution in [0.25, 0.3) is 0 Å². The molecule has 0 aliphatic carbocycles. The van der Waals surface area contributed by atoms with E-state index >= 15 is 0 Å². The molecular weight excluding hydrogens is 218 g/mol. The molecule has 0 aromatic carbocycles. The van der Waals surface area contributed by atoms with Crippen LogP contribution in [0.3, 0.4) is 0 Å². The SMILES string of the molecule is CCc1nc(NN)cc(N(C)CC(C)(C)O)n1. The summed E-state index contributed by atoms with van der Waals surface area (Å²) in [6.45, 7) is 5.98. The number of nitrogens with two attached hydrogens (primary N) is 1. The van der Waals surface area contributed by atoms with Crippen molar-refractivity contribution in [2.24, 2.45) is 5.84 Å². The smallest absolute Gasteiger partial charge is 0.145 e. The molecule has 1 aromatic rings. The van der Waals surface area contributed by atoms with Crippen molar-refractivity contribution in [2.45, 2.75) is 32.8 Å². The molecule has 17 heavy (non-hydrogen) atoms. The second-order valence-corrected chi connectivity index (χ2v) is 4.69. The van der Waals surface area contributed by atoms with Gasteiger partial charge in [0.25, 0.3) is 0 Å². The Morgan fingerprint density at radius 1 is 1.47 bits per heavy atom. The van der Waals surface area contributed by atoms with Gasteiger partial charge in [0.15, 0.2) is 0 Å². The summed E-state index contributed by atoms with van der Waals surface area (Å²) in [6.07, 6.45) is 0.735. The third-order valence-electron chi connectivity index (χ3n) is 2.24. The third kappa shape index (κ3) is 4.16. The van der Waals surface area contributed by atoms with Crippen LogP contribution < -0.4 is 16.2 Å². The van der Waals surface area contributed by atoms with E-state index in [0.29, 0.717) is 12.4 Å². The molecule has 0 bridgehead atoms. The number of nitrogens with one attached hydrogen (secondary N) is 1. The van der Waals surface area contributed by atoms with Gasteiger partial charge in [0.1, 0.15) is 17.5 Å². The van der Waals surface area contributed by atoms with Gasteiger partial charge in [0.2, 0.25) is 0 Å². The van der Waals surface area contributed by atoms with Crippen molar-refractivity contribution < 1.29 is 5.11 Å². The van der Waals surface area contributed by atoms with Crippen LogP contribution in [0.4, 0.5) is 11.6 Å². The van der Waals surface area contributed by atoms with Crippen LogP contribution in [0.15, 0.2) is 6.07 Å². The lowest BCUT2D eigenvalue weighted by atomic mass is 10.1. The number of likely N-dealkylation sites (N-methyl/N-ethyl adjacent to an activating group) is 1. The molecule has 0 amide bonds. The average molecular weight is 239 g/mol. The van der Waals surface area contributed by atoms with Crippen molar-refractivity contribution in [2.75, 3.05) is 23.9 Å². The van der Waals surface area contributed by atoms with E-state index in [0.717, 1.165) is 18.1 Å². The number of anilines is 2. The number of rotatable bonds is 5. The van der Waals surface area contributed by atoms with E-state index in [2.05, 4.69) is 15.4 Å². The van der Waals surface area contributed by atoms with Crippen molar-refractivity contribution in [1.29, 1.82) is 0 Å². The second kappa shape index (κ2) is 5.29. The van der Waals surface area contributed by atoms with Crippen LogP contribution in [0.1, 0.15) is 26.6 Å². The van der Waals surface area contributed by atoms with Gasteiger partial charge in [-0.15, -0.1) is 0 Å². The summed E-state index contributed by atoms with van der Waals surface area (Å²) in [5.74, 6) is 7.40. The lowest BCUT2D eigenvalue weighted by Gasteiger charge is -2.26. The fourth-order valence-electron chi connectivity index (χ4n) is 1.57. The average Bonchev–Trinajstić information content (AvgIpc) is 2.26. The Morgan fingerprint density at radius 2 is 2.12 bits per heavy atom. The predicted molar refractivity (Wildman–Crippen MR) is 68.8 cm³/mol. The number of aliphatic hydroxyl groups is 1. The van der Waals surface area contributed by atoms with Crippen LogP contribution in [0.5, 0.6) is 0 Å². The first-order valence-electron chi connectivity index (χ1n) is 5.64. The third-order valence-corrected chi connectivity index (χ3v) is 2.24. The van der Waals surface area contributed by atoms with Gasteiger partial charge in [-0.2, -0.15) is 0 Å². The molecule has 6 nitrogen and oxygen atoms in total. The Labute approximate surface area is 102 Å². The monoisotopic (exact) mass is 239 g/mol. The van der Waals surface area contributed by atoms with Gasteiger partial charge in [-0.05, 0) is 13.8 Å². The van der Waals surface area contributed by atoms with E-state index in [1.807, 2.05) is 18.9 Å². The molecule has 0 aliphatic heterocycles. The number of nitrogens with zero attached hydrogens (tertiary/aromatic N) is 3. The molecule has 0 spiro atoms. The van der Waals surface area contributed by atoms with Crippen molar-refractivity contribution in [3.63, 3.8) is 0 Å². The minimum atomic E-state index is -0.775. The molecule has 1 rings (SSSR count). The van der Waals surface area contributed by atoms with Gasteiger partial charge in [0, 0.05) is 26.1 Å². The molecule has 0 atom stereocenters. The Hall–Kier alpha value is -1.40. The van der Waals surface area contributed by atoms with Crippen molar-refractivity contribution in [3.8, 4) is 0 Å². The Kier molecular flexibility index (Phi) is 4.25. The first kappa shape index (κ1) is 13.7. The molecule has 0 saturated heterocycles. The molecule has 1 aromatic heterocycles. The molecule has 96 valence electrons. The topological polar surface area (TPSA) is 87.3 Å². The van der Waals surface area contributed by atoms with E-state index in [-0.39, 0.29) is 0 Å². The summed E-state index contributed by atoms with van der Waals surface area (Å²) in [5, 5.41) is 9.78. The minimum Gasteiger partial charge on any atom is -0.389 e. The van der Waals surface area contributed by atoms with Gasteiger partial charge in [-0.25, -0.2) is 15.8 Å². The minimum absolute atomic E-state index is 0.483. The highest BCUT2D eigenvalue weighted by molar-refractivity contribution is 5.48. The Balaban J connectivity index is 2.96. The summed E-state index contributed by atoms with van der Waals surface area (Å²) < 4.78 is 0. The van der Waals surface area contributed by atoms with E-state index in [4.69, 9.17) is 5.84 Å².